The van der Waals surface area contributed by atoms with Crippen LogP contribution >= 0.6 is 0 Å². The first-order chi connectivity index (χ1) is 14.2. The minimum atomic E-state index is -0.110. The summed E-state index contributed by atoms with van der Waals surface area (Å²) >= 11 is 0. The molecule has 2 aromatic heterocycles. The Morgan fingerprint density at radius 1 is 1.24 bits per heavy atom. The average Bonchev–Trinajstić information content (AvgIpc) is 3.21. The highest BCUT2D eigenvalue weighted by Crippen LogP contribution is 2.29. The number of carbonyl (C=O) groups excluding carboxylic acids is 1. The average molecular weight is 392 g/mol. The summed E-state index contributed by atoms with van der Waals surface area (Å²) in [5.74, 6) is 1.06. The van der Waals surface area contributed by atoms with E-state index in [1.807, 2.05) is 25.3 Å². The van der Waals surface area contributed by atoms with Crippen molar-refractivity contribution in [2.75, 3.05) is 6.61 Å². The molecule has 1 unspecified atom stereocenters. The van der Waals surface area contributed by atoms with Gasteiger partial charge >= 0.3 is 0 Å². The van der Waals surface area contributed by atoms with E-state index in [0.717, 1.165) is 24.8 Å². The molecule has 0 saturated heterocycles. The van der Waals surface area contributed by atoms with E-state index < -0.39 is 0 Å². The van der Waals surface area contributed by atoms with Gasteiger partial charge in [-0.2, -0.15) is 5.10 Å². The van der Waals surface area contributed by atoms with Crippen molar-refractivity contribution in [3.8, 4) is 11.5 Å². The number of hydrogen-bond acceptors (Lipinski definition) is 5. The molecule has 7 heteroatoms. The van der Waals surface area contributed by atoms with Gasteiger partial charge in [-0.15, -0.1) is 0 Å². The summed E-state index contributed by atoms with van der Waals surface area (Å²) < 4.78 is 11.6. The highest BCUT2D eigenvalue weighted by Gasteiger charge is 2.22. The van der Waals surface area contributed by atoms with Crippen molar-refractivity contribution in [1.29, 1.82) is 0 Å². The van der Waals surface area contributed by atoms with Crippen LogP contribution < -0.4 is 14.8 Å². The summed E-state index contributed by atoms with van der Waals surface area (Å²) in [6.45, 7) is 2.77. The monoisotopic (exact) mass is 392 g/mol. The van der Waals surface area contributed by atoms with E-state index in [9.17, 15) is 4.79 Å². The van der Waals surface area contributed by atoms with Crippen LogP contribution in [0.1, 0.15) is 40.5 Å². The third-order valence-electron chi connectivity index (χ3n) is 4.97. The molecule has 150 valence electrons. The Morgan fingerprint density at radius 2 is 2.17 bits per heavy atom. The number of aryl methyl sites for hydroxylation is 1. The normalized spacial score (nSPS) is 15.4. The predicted octanol–water partition coefficient (Wildman–Crippen LogP) is 3.07. The zero-order valence-corrected chi connectivity index (χ0v) is 16.4. The number of ether oxygens (including phenoxy) is 2. The number of rotatable bonds is 7. The summed E-state index contributed by atoms with van der Waals surface area (Å²) in [6, 6.07) is 9.21. The minimum Gasteiger partial charge on any atom is -0.490 e. The summed E-state index contributed by atoms with van der Waals surface area (Å²) in [5, 5.41) is 10.2. The standard InChI is InChI=1S/C22H24N4O3/c1-2-28-21-11-16(5-8-20(21)29-14-15-4-3-9-23-12-15)22(27)25-18-6-7-19-17(10-18)13-24-26-19/h3-5,8-9,11-13,18H,2,6-7,10,14H2,1H3,(H,24,26)(H,25,27). The molecule has 1 aromatic carbocycles. The molecule has 0 radical (unpaired) electrons. The molecule has 0 fully saturated rings. The van der Waals surface area contributed by atoms with Gasteiger partial charge in [0.15, 0.2) is 11.5 Å². The summed E-state index contributed by atoms with van der Waals surface area (Å²) in [5.41, 5.74) is 3.87. The first kappa shape index (κ1) is 19.0. The van der Waals surface area contributed by atoms with Crippen LogP contribution in [0.3, 0.4) is 0 Å². The maximum absolute atomic E-state index is 12.8. The van der Waals surface area contributed by atoms with Crippen LogP contribution in [-0.2, 0) is 19.4 Å². The Hall–Kier alpha value is -3.35. The van der Waals surface area contributed by atoms with E-state index in [-0.39, 0.29) is 11.9 Å². The number of carbonyl (C=O) groups is 1. The molecule has 0 aliphatic heterocycles. The first-order valence-electron chi connectivity index (χ1n) is 9.83. The van der Waals surface area contributed by atoms with Gasteiger partial charge in [-0.05, 0) is 56.0 Å². The molecule has 1 atom stereocenters. The van der Waals surface area contributed by atoms with Gasteiger partial charge in [0.25, 0.3) is 5.91 Å². The number of aromatic nitrogens is 3. The van der Waals surface area contributed by atoms with Gasteiger partial charge in [0.1, 0.15) is 6.61 Å². The number of nitrogens with one attached hydrogen (secondary N) is 2. The topological polar surface area (TPSA) is 89.1 Å². The molecule has 7 nitrogen and oxygen atoms in total. The second-order valence-corrected chi connectivity index (χ2v) is 7.03. The molecule has 2 heterocycles. The Bertz CT molecular complexity index is 971. The van der Waals surface area contributed by atoms with Gasteiger partial charge in [0.2, 0.25) is 0 Å². The third-order valence-corrected chi connectivity index (χ3v) is 4.97. The molecule has 2 N–H and O–H groups in total. The van der Waals surface area contributed by atoms with Gasteiger partial charge in [0.05, 0.1) is 12.8 Å². The molecule has 1 amide bonds. The predicted molar refractivity (Wildman–Crippen MR) is 108 cm³/mol. The zero-order chi connectivity index (χ0) is 20.1. The number of fused-ring (bicyclic) bond motifs is 1. The molecule has 29 heavy (non-hydrogen) atoms. The summed E-state index contributed by atoms with van der Waals surface area (Å²) in [4.78, 5) is 16.9. The molecule has 1 aliphatic carbocycles. The van der Waals surface area contributed by atoms with Gasteiger partial charge in [-0.25, -0.2) is 0 Å². The van der Waals surface area contributed by atoms with Crippen LogP contribution in [0.25, 0.3) is 0 Å². The Morgan fingerprint density at radius 3 is 3.00 bits per heavy atom. The fourth-order valence-electron chi connectivity index (χ4n) is 3.49. The molecule has 3 aromatic rings. The van der Waals surface area contributed by atoms with E-state index in [4.69, 9.17) is 9.47 Å². The van der Waals surface area contributed by atoms with E-state index in [1.54, 1.807) is 30.6 Å². The fraction of sp³-hybridized carbons (Fsp3) is 0.318. The van der Waals surface area contributed by atoms with Gasteiger partial charge in [0, 0.05) is 35.3 Å². The lowest BCUT2D eigenvalue weighted by Gasteiger charge is -2.23. The molecule has 1 aliphatic rings. The number of hydrogen-bond donors (Lipinski definition) is 2. The maximum Gasteiger partial charge on any atom is 0.251 e. The lowest BCUT2D eigenvalue weighted by atomic mass is 9.93. The minimum absolute atomic E-state index is 0.102. The second kappa shape index (κ2) is 8.77. The summed E-state index contributed by atoms with van der Waals surface area (Å²) in [6.07, 6.45) is 7.91. The molecule has 0 saturated carbocycles. The third kappa shape index (κ3) is 4.56. The lowest BCUT2D eigenvalue weighted by molar-refractivity contribution is 0.0933. The summed E-state index contributed by atoms with van der Waals surface area (Å²) in [7, 11) is 0. The van der Waals surface area contributed by atoms with Crippen molar-refractivity contribution in [1.82, 2.24) is 20.5 Å². The van der Waals surface area contributed by atoms with Crippen LogP contribution in [0, 0.1) is 0 Å². The molecule has 0 spiro atoms. The molecular formula is C22H24N4O3. The highest BCUT2D eigenvalue weighted by atomic mass is 16.5. The van der Waals surface area contributed by atoms with Crippen LogP contribution in [0.2, 0.25) is 0 Å². The van der Waals surface area contributed by atoms with E-state index in [1.165, 1.54) is 11.3 Å². The number of benzene rings is 1. The molecular weight excluding hydrogens is 368 g/mol. The van der Waals surface area contributed by atoms with Crippen LogP contribution in [-0.4, -0.2) is 33.7 Å². The van der Waals surface area contributed by atoms with Crippen molar-refractivity contribution in [3.05, 3.63) is 71.3 Å². The van der Waals surface area contributed by atoms with Gasteiger partial charge in [-0.1, -0.05) is 6.07 Å². The van der Waals surface area contributed by atoms with Crippen LogP contribution in [0.5, 0.6) is 11.5 Å². The highest BCUT2D eigenvalue weighted by molar-refractivity contribution is 5.95. The number of H-pyrrole nitrogens is 1. The van der Waals surface area contributed by atoms with Crippen molar-refractivity contribution >= 4 is 5.91 Å². The van der Waals surface area contributed by atoms with E-state index >= 15 is 0 Å². The van der Waals surface area contributed by atoms with Crippen LogP contribution in [0.15, 0.2) is 48.9 Å². The Kier molecular flexibility index (Phi) is 5.74. The van der Waals surface area contributed by atoms with E-state index in [2.05, 4.69) is 20.5 Å². The second-order valence-electron chi connectivity index (χ2n) is 7.03. The quantitative estimate of drug-likeness (QED) is 0.645. The lowest BCUT2D eigenvalue weighted by Crippen LogP contribution is -2.38. The number of nitrogens with zero attached hydrogens (tertiary/aromatic N) is 2. The first-order valence-corrected chi connectivity index (χ1v) is 9.83. The largest absolute Gasteiger partial charge is 0.490 e. The van der Waals surface area contributed by atoms with Crippen LogP contribution in [0.4, 0.5) is 0 Å². The SMILES string of the molecule is CCOc1cc(C(=O)NC2CCc3[nH]ncc3C2)ccc1OCc1cccnc1. The molecule has 0 bridgehead atoms. The molecule has 4 rings (SSSR count). The Labute approximate surface area is 169 Å². The van der Waals surface area contributed by atoms with E-state index in [0.29, 0.717) is 30.3 Å². The Balaban J connectivity index is 1.43. The zero-order valence-electron chi connectivity index (χ0n) is 16.4. The number of pyridine rings is 1. The van der Waals surface area contributed by atoms with Crippen molar-refractivity contribution in [2.45, 2.75) is 38.8 Å². The van der Waals surface area contributed by atoms with Gasteiger partial charge in [-0.3, -0.25) is 14.9 Å². The fourth-order valence-corrected chi connectivity index (χ4v) is 3.49. The maximum atomic E-state index is 12.8. The van der Waals surface area contributed by atoms with Gasteiger partial charge < -0.3 is 14.8 Å². The number of amides is 1. The number of aromatic amines is 1. The van der Waals surface area contributed by atoms with Crippen molar-refractivity contribution in [3.63, 3.8) is 0 Å². The smallest absolute Gasteiger partial charge is 0.251 e. The van der Waals surface area contributed by atoms with Crippen molar-refractivity contribution < 1.29 is 14.3 Å². The van der Waals surface area contributed by atoms with Crippen molar-refractivity contribution in [2.24, 2.45) is 0 Å².